The second kappa shape index (κ2) is 8.31. The molecule has 0 fully saturated rings. The molecule has 1 unspecified atom stereocenters. The molecule has 0 amide bonds. The molecule has 2 aromatic rings. The van der Waals surface area contributed by atoms with Gasteiger partial charge in [0.25, 0.3) is 0 Å². The maximum Gasteiger partial charge on any atom is 0.243 e. The van der Waals surface area contributed by atoms with Gasteiger partial charge in [0.15, 0.2) is 5.78 Å². The summed E-state index contributed by atoms with van der Waals surface area (Å²) in [6, 6.07) is 7.69. The molecule has 27 heavy (non-hydrogen) atoms. The Labute approximate surface area is 163 Å². The number of aromatic nitrogens is 2. The molecule has 2 N–H and O–H groups in total. The van der Waals surface area contributed by atoms with Crippen molar-refractivity contribution in [3.8, 4) is 0 Å². The van der Waals surface area contributed by atoms with Gasteiger partial charge in [0.1, 0.15) is 17.8 Å². The first kappa shape index (κ1) is 19.0. The molecule has 1 aromatic carbocycles. The number of Topliss-reactive ketones (excluding diaryl/α,β-unsaturated/α-hetero) is 1. The molecule has 140 valence electrons. The molecule has 0 bridgehead atoms. The number of benzene rings is 1. The SMILES string of the molecule is CC1=CC(=Nc2ccc(NCCCn3cc[n+](C)c3)cc2)C(=N)C(Cl)C1=O. The molecule has 1 heterocycles. The Morgan fingerprint density at radius 1 is 1.33 bits per heavy atom. The maximum atomic E-state index is 11.8. The van der Waals surface area contributed by atoms with Crippen LogP contribution in [0.5, 0.6) is 0 Å². The number of anilines is 1. The number of aryl methyl sites for hydroxylation is 2. The number of halogens is 1. The molecule has 0 radical (unpaired) electrons. The van der Waals surface area contributed by atoms with Crippen LogP contribution in [0.25, 0.3) is 0 Å². The van der Waals surface area contributed by atoms with E-state index < -0.39 is 5.38 Å². The minimum Gasteiger partial charge on any atom is -0.385 e. The Morgan fingerprint density at radius 2 is 2.07 bits per heavy atom. The van der Waals surface area contributed by atoms with Gasteiger partial charge in [-0.05, 0) is 42.8 Å². The van der Waals surface area contributed by atoms with E-state index in [-0.39, 0.29) is 11.5 Å². The van der Waals surface area contributed by atoms with Crippen molar-refractivity contribution < 1.29 is 9.36 Å². The molecule has 0 spiro atoms. The van der Waals surface area contributed by atoms with Gasteiger partial charge in [0.2, 0.25) is 6.33 Å². The highest BCUT2D eigenvalue weighted by molar-refractivity contribution is 6.63. The molecule has 6 nitrogen and oxygen atoms in total. The number of hydrogen-bond acceptors (Lipinski definition) is 4. The number of nitrogens with zero attached hydrogens (tertiary/aromatic N) is 3. The zero-order chi connectivity index (χ0) is 19.4. The van der Waals surface area contributed by atoms with Crippen molar-refractivity contribution in [1.82, 2.24) is 4.57 Å². The van der Waals surface area contributed by atoms with Gasteiger partial charge in [0.05, 0.1) is 30.7 Å². The Kier molecular flexibility index (Phi) is 5.86. The van der Waals surface area contributed by atoms with E-state index in [1.165, 1.54) is 0 Å². The third kappa shape index (κ3) is 4.71. The highest BCUT2D eigenvalue weighted by Crippen LogP contribution is 2.21. The summed E-state index contributed by atoms with van der Waals surface area (Å²) >= 11 is 6.01. The van der Waals surface area contributed by atoms with E-state index in [2.05, 4.69) is 27.4 Å². The quantitative estimate of drug-likeness (QED) is 0.456. The van der Waals surface area contributed by atoms with E-state index in [1.807, 2.05) is 42.1 Å². The second-order valence-electron chi connectivity index (χ2n) is 6.61. The van der Waals surface area contributed by atoms with Gasteiger partial charge in [-0.15, -0.1) is 11.6 Å². The lowest BCUT2D eigenvalue weighted by Gasteiger charge is -2.16. The predicted octanol–water partition coefficient (Wildman–Crippen LogP) is 3.04. The first-order valence-corrected chi connectivity index (χ1v) is 9.27. The fourth-order valence-electron chi connectivity index (χ4n) is 2.83. The van der Waals surface area contributed by atoms with Crippen molar-refractivity contribution in [1.29, 1.82) is 5.41 Å². The van der Waals surface area contributed by atoms with Gasteiger partial charge in [-0.3, -0.25) is 4.79 Å². The monoisotopic (exact) mass is 384 g/mol. The van der Waals surface area contributed by atoms with Gasteiger partial charge >= 0.3 is 0 Å². The minimum absolute atomic E-state index is 0.0490. The van der Waals surface area contributed by atoms with Crippen molar-refractivity contribution in [2.75, 3.05) is 11.9 Å². The lowest BCUT2D eigenvalue weighted by Crippen LogP contribution is -2.34. The number of hydrogen-bond donors (Lipinski definition) is 2. The topological polar surface area (TPSA) is 74.1 Å². The summed E-state index contributed by atoms with van der Waals surface area (Å²) in [5, 5.41) is 10.5. The summed E-state index contributed by atoms with van der Waals surface area (Å²) in [6.45, 7) is 3.53. The molecule has 7 heteroatoms. The summed E-state index contributed by atoms with van der Waals surface area (Å²) in [6.07, 6.45) is 8.79. The van der Waals surface area contributed by atoms with E-state index in [9.17, 15) is 4.79 Å². The van der Waals surface area contributed by atoms with Crippen LogP contribution in [0.3, 0.4) is 0 Å². The number of carbonyl (C=O) groups excluding carboxylic acids is 1. The van der Waals surface area contributed by atoms with E-state index in [1.54, 1.807) is 13.0 Å². The van der Waals surface area contributed by atoms with Gasteiger partial charge in [0, 0.05) is 18.7 Å². The van der Waals surface area contributed by atoms with Crippen molar-refractivity contribution >= 4 is 40.2 Å². The largest absolute Gasteiger partial charge is 0.385 e. The molecule has 1 aliphatic carbocycles. The lowest BCUT2D eigenvalue weighted by molar-refractivity contribution is -0.671. The second-order valence-corrected chi connectivity index (χ2v) is 7.05. The zero-order valence-electron chi connectivity index (χ0n) is 15.4. The molecule has 0 aliphatic heterocycles. The minimum atomic E-state index is -0.947. The van der Waals surface area contributed by atoms with Crippen molar-refractivity contribution in [3.63, 3.8) is 0 Å². The van der Waals surface area contributed by atoms with Crippen LogP contribution in [0.4, 0.5) is 11.4 Å². The molecule has 1 aromatic heterocycles. The van der Waals surface area contributed by atoms with Crippen LogP contribution < -0.4 is 9.88 Å². The van der Waals surface area contributed by atoms with Gasteiger partial charge in [-0.25, -0.2) is 14.1 Å². The molecule has 3 rings (SSSR count). The van der Waals surface area contributed by atoms with E-state index in [4.69, 9.17) is 17.0 Å². The predicted molar refractivity (Wildman–Crippen MR) is 108 cm³/mol. The summed E-state index contributed by atoms with van der Waals surface area (Å²) < 4.78 is 4.18. The molecule has 1 aliphatic rings. The van der Waals surface area contributed by atoms with Crippen LogP contribution in [0.15, 0.2) is 59.6 Å². The van der Waals surface area contributed by atoms with E-state index in [0.29, 0.717) is 11.3 Å². The Hall–Kier alpha value is -2.73. The number of aliphatic imine (C=N–C) groups is 1. The third-order valence-electron chi connectivity index (χ3n) is 4.36. The van der Waals surface area contributed by atoms with Crippen LogP contribution in [-0.4, -0.2) is 33.7 Å². The number of carbonyl (C=O) groups is 1. The zero-order valence-corrected chi connectivity index (χ0v) is 16.2. The third-order valence-corrected chi connectivity index (χ3v) is 4.78. The number of rotatable bonds is 6. The summed E-state index contributed by atoms with van der Waals surface area (Å²) in [5.41, 5.74) is 2.76. The normalized spacial score (nSPS) is 18.7. The van der Waals surface area contributed by atoms with Gasteiger partial charge < -0.3 is 10.7 Å². The average molecular weight is 385 g/mol. The molecular formula is C20H23ClN5O+. The van der Waals surface area contributed by atoms with Crippen LogP contribution in [0, 0.1) is 5.41 Å². The first-order valence-electron chi connectivity index (χ1n) is 8.83. The summed E-state index contributed by atoms with van der Waals surface area (Å²) in [5.74, 6) is -0.228. The highest BCUT2D eigenvalue weighted by Gasteiger charge is 2.29. The Bertz CT molecular complexity index is 911. The Morgan fingerprint density at radius 3 is 2.74 bits per heavy atom. The van der Waals surface area contributed by atoms with Gasteiger partial charge in [-0.2, -0.15) is 0 Å². The van der Waals surface area contributed by atoms with Crippen LogP contribution in [0.2, 0.25) is 0 Å². The van der Waals surface area contributed by atoms with E-state index >= 15 is 0 Å². The molecular weight excluding hydrogens is 362 g/mol. The summed E-state index contributed by atoms with van der Waals surface area (Å²) in [7, 11) is 2.01. The molecule has 1 atom stereocenters. The number of nitrogens with one attached hydrogen (secondary N) is 2. The smallest absolute Gasteiger partial charge is 0.243 e. The Balaban J connectivity index is 1.57. The van der Waals surface area contributed by atoms with Crippen LogP contribution in [0.1, 0.15) is 13.3 Å². The van der Waals surface area contributed by atoms with Crippen LogP contribution >= 0.6 is 11.6 Å². The first-order chi connectivity index (χ1) is 12.9. The highest BCUT2D eigenvalue weighted by atomic mass is 35.5. The average Bonchev–Trinajstić information content (AvgIpc) is 3.08. The molecule has 0 saturated heterocycles. The summed E-state index contributed by atoms with van der Waals surface area (Å²) in [4.78, 5) is 16.2. The lowest BCUT2D eigenvalue weighted by atomic mass is 9.95. The number of ketones is 1. The van der Waals surface area contributed by atoms with Crippen molar-refractivity contribution in [2.24, 2.45) is 12.0 Å². The van der Waals surface area contributed by atoms with Crippen LogP contribution in [-0.2, 0) is 18.4 Å². The standard InChI is InChI=1S/C20H22ClN5O/c1-14-12-17(19(22)18(21)20(14)27)24-16-6-4-15(5-7-16)23-8-3-9-26-11-10-25(2)13-26/h4-7,10-13,18H,3,8-9H2,1-2H3,(H-,22,23,27)/p+1. The number of allylic oxidation sites excluding steroid dienone is 2. The number of alkyl halides is 1. The van der Waals surface area contributed by atoms with Crippen molar-refractivity contribution in [2.45, 2.75) is 25.3 Å². The maximum absolute atomic E-state index is 11.8. The fourth-order valence-corrected chi connectivity index (χ4v) is 3.11. The van der Waals surface area contributed by atoms with Crippen molar-refractivity contribution in [3.05, 3.63) is 54.6 Å². The number of imidazole rings is 1. The van der Waals surface area contributed by atoms with Gasteiger partial charge in [-0.1, -0.05) is 0 Å². The fraction of sp³-hybridized carbons (Fsp3) is 0.300. The molecule has 0 saturated carbocycles. The van der Waals surface area contributed by atoms with E-state index in [0.717, 1.165) is 30.9 Å².